The summed E-state index contributed by atoms with van der Waals surface area (Å²) in [5.74, 6) is -0.322. The van der Waals surface area contributed by atoms with E-state index in [0.29, 0.717) is 49.9 Å². The molecule has 0 radical (unpaired) electrons. The number of amides is 1. The highest BCUT2D eigenvalue weighted by Crippen LogP contribution is 2.12. The predicted molar refractivity (Wildman–Crippen MR) is 115 cm³/mol. The summed E-state index contributed by atoms with van der Waals surface area (Å²) in [6, 6.07) is 8.59. The van der Waals surface area contributed by atoms with E-state index in [0.717, 1.165) is 5.56 Å². The third-order valence-electron chi connectivity index (χ3n) is 5.23. The molecule has 1 atom stereocenters. The van der Waals surface area contributed by atoms with Crippen LogP contribution in [0, 0.1) is 6.92 Å². The highest BCUT2D eigenvalue weighted by atomic mass is 16.5. The summed E-state index contributed by atoms with van der Waals surface area (Å²) >= 11 is 0. The largest absolute Gasteiger partial charge is 0.467 e. The molecule has 1 aliphatic heterocycles. The van der Waals surface area contributed by atoms with Crippen LogP contribution in [0.1, 0.15) is 23.2 Å². The van der Waals surface area contributed by atoms with E-state index in [2.05, 4.69) is 15.3 Å². The number of aromatic amines is 1. The molecular formula is C22H28N4O5. The summed E-state index contributed by atoms with van der Waals surface area (Å²) in [5.41, 5.74) is 1.71. The lowest BCUT2D eigenvalue weighted by molar-refractivity contribution is -0.145. The maximum absolute atomic E-state index is 12.6. The van der Waals surface area contributed by atoms with Crippen LogP contribution >= 0.6 is 0 Å². The van der Waals surface area contributed by atoms with E-state index in [1.165, 1.54) is 7.11 Å². The second-order valence-electron chi connectivity index (χ2n) is 7.39. The molecular weight excluding hydrogens is 400 g/mol. The predicted octanol–water partition coefficient (Wildman–Crippen LogP) is 0.748. The van der Waals surface area contributed by atoms with E-state index in [1.54, 1.807) is 6.92 Å². The van der Waals surface area contributed by atoms with Crippen molar-refractivity contribution < 1.29 is 19.1 Å². The van der Waals surface area contributed by atoms with E-state index in [-0.39, 0.29) is 24.3 Å². The fraction of sp³-hybridized carbons (Fsp3) is 0.455. The average molecular weight is 428 g/mol. The molecule has 2 aromatic rings. The van der Waals surface area contributed by atoms with E-state index in [1.807, 2.05) is 35.2 Å². The van der Waals surface area contributed by atoms with Gasteiger partial charge in [0.25, 0.3) is 5.56 Å². The highest BCUT2D eigenvalue weighted by molar-refractivity contribution is 5.84. The number of ether oxygens (including phenoxy) is 2. The number of rotatable bonds is 8. The number of carbonyl (C=O) groups is 2. The maximum Gasteiger partial charge on any atom is 0.328 e. The molecule has 0 spiro atoms. The summed E-state index contributed by atoms with van der Waals surface area (Å²) in [6.45, 7) is 4.28. The van der Waals surface area contributed by atoms with Gasteiger partial charge in [-0.2, -0.15) is 0 Å². The highest BCUT2D eigenvalue weighted by Gasteiger charge is 2.22. The molecule has 1 saturated heterocycles. The van der Waals surface area contributed by atoms with Gasteiger partial charge >= 0.3 is 5.97 Å². The number of carbonyl (C=O) groups excluding carboxylic acids is 2. The number of hydrogen-bond donors (Lipinski definition) is 2. The lowest BCUT2D eigenvalue weighted by atomic mass is 10.1. The zero-order valence-corrected chi connectivity index (χ0v) is 17.8. The van der Waals surface area contributed by atoms with Gasteiger partial charge in [-0.15, -0.1) is 0 Å². The minimum absolute atomic E-state index is 0.0603. The molecule has 1 amide bonds. The molecule has 1 aromatic carbocycles. The lowest BCUT2D eigenvalue weighted by Gasteiger charge is -2.27. The van der Waals surface area contributed by atoms with Gasteiger partial charge in [0, 0.05) is 37.2 Å². The first-order valence-electron chi connectivity index (χ1n) is 10.3. The van der Waals surface area contributed by atoms with Gasteiger partial charge in [0.15, 0.2) is 0 Å². The summed E-state index contributed by atoms with van der Waals surface area (Å²) in [5, 5.41) is 2.72. The van der Waals surface area contributed by atoms with Crippen molar-refractivity contribution in [1.82, 2.24) is 15.3 Å². The van der Waals surface area contributed by atoms with Crippen molar-refractivity contribution in [3.8, 4) is 0 Å². The molecule has 0 bridgehead atoms. The maximum atomic E-state index is 12.6. The van der Waals surface area contributed by atoms with E-state index >= 15 is 0 Å². The van der Waals surface area contributed by atoms with Crippen molar-refractivity contribution in [2.75, 3.05) is 38.3 Å². The van der Waals surface area contributed by atoms with Crippen molar-refractivity contribution in [3.05, 3.63) is 57.5 Å². The molecule has 2 N–H and O–H groups in total. The Morgan fingerprint density at radius 3 is 2.61 bits per heavy atom. The number of hydrogen-bond acceptors (Lipinski definition) is 7. The van der Waals surface area contributed by atoms with Crippen molar-refractivity contribution in [1.29, 1.82) is 0 Å². The molecule has 31 heavy (non-hydrogen) atoms. The minimum atomic E-state index is -0.791. The number of esters is 1. The standard InChI is InChI=1S/C22H28N4O5/c1-15-17(20(28)25-22(23-15)26-10-12-31-13-11-26)8-9-19(27)24-18(21(29)30-2)14-16-6-4-3-5-7-16/h3-7,18H,8-14H2,1-2H3,(H,24,27)(H,23,25,28)/t18-/m1/s1. The van der Waals surface area contributed by atoms with Crippen molar-refractivity contribution >= 4 is 17.8 Å². The smallest absolute Gasteiger partial charge is 0.328 e. The SMILES string of the molecule is COC(=O)[C@@H](Cc1ccccc1)NC(=O)CCc1c(C)nc(N2CCOCC2)[nH]c1=O. The Kier molecular flexibility index (Phi) is 7.77. The van der Waals surface area contributed by atoms with Gasteiger partial charge in [0.05, 0.1) is 20.3 Å². The van der Waals surface area contributed by atoms with Gasteiger partial charge in [0.2, 0.25) is 11.9 Å². The monoisotopic (exact) mass is 428 g/mol. The molecule has 0 saturated carbocycles. The van der Waals surface area contributed by atoms with Crippen LogP contribution in [0.2, 0.25) is 0 Å². The number of aryl methyl sites for hydroxylation is 1. The number of nitrogens with one attached hydrogen (secondary N) is 2. The van der Waals surface area contributed by atoms with Crippen LogP contribution < -0.4 is 15.8 Å². The first kappa shape index (κ1) is 22.5. The van der Waals surface area contributed by atoms with E-state index in [9.17, 15) is 14.4 Å². The number of nitrogens with zero attached hydrogens (tertiary/aromatic N) is 2. The van der Waals surface area contributed by atoms with Crippen LogP contribution in [0.15, 0.2) is 35.1 Å². The number of methoxy groups -OCH3 is 1. The number of H-pyrrole nitrogens is 1. The van der Waals surface area contributed by atoms with Crippen LogP contribution in [0.4, 0.5) is 5.95 Å². The molecule has 1 aromatic heterocycles. The van der Waals surface area contributed by atoms with Crippen LogP contribution in [0.25, 0.3) is 0 Å². The third kappa shape index (κ3) is 6.14. The first-order chi connectivity index (χ1) is 15.0. The molecule has 166 valence electrons. The van der Waals surface area contributed by atoms with Gasteiger partial charge in [-0.05, 0) is 18.9 Å². The molecule has 1 aliphatic rings. The molecule has 2 heterocycles. The quantitative estimate of drug-likeness (QED) is 0.597. The van der Waals surface area contributed by atoms with Gasteiger partial charge in [-0.25, -0.2) is 9.78 Å². The van der Waals surface area contributed by atoms with Crippen LogP contribution in [-0.4, -0.2) is 61.3 Å². The summed E-state index contributed by atoms with van der Waals surface area (Å²) < 4.78 is 10.2. The molecule has 1 fully saturated rings. The summed E-state index contributed by atoms with van der Waals surface area (Å²) in [7, 11) is 1.29. The first-order valence-corrected chi connectivity index (χ1v) is 10.3. The number of anilines is 1. The Morgan fingerprint density at radius 2 is 1.97 bits per heavy atom. The third-order valence-corrected chi connectivity index (χ3v) is 5.23. The lowest BCUT2D eigenvalue weighted by Crippen LogP contribution is -2.43. The average Bonchev–Trinajstić information content (AvgIpc) is 2.78. The van der Waals surface area contributed by atoms with E-state index in [4.69, 9.17) is 9.47 Å². The second-order valence-corrected chi connectivity index (χ2v) is 7.39. The molecule has 9 nitrogen and oxygen atoms in total. The van der Waals surface area contributed by atoms with Crippen LogP contribution in [0.3, 0.4) is 0 Å². The Bertz CT molecular complexity index is 954. The Labute approximate surface area is 180 Å². The van der Waals surface area contributed by atoms with Crippen LogP contribution in [0.5, 0.6) is 0 Å². The van der Waals surface area contributed by atoms with Gasteiger partial charge in [0.1, 0.15) is 6.04 Å². The number of morpholine rings is 1. The molecule has 9 heteroatoms. The molecule has 0 unspecified atom stereocenters. The fourth-order valence-corrected chi connectivity index (χ4v) is 3.51. The Hall–Kier alpha value is -3.20. The topological polar surface area (TPSA) is 114 Å². The number of aromatic nitrogens is 2. The van der Waals surface area contributed by atoms with E-state index < -0.39 is 12.0 Å². The van der Waals surface area contributed by atoms with Crippen molar-refractivity contribution in [2.45, 2.75) is 32.2 Å². The van der Waals surface area contributed by atoms with Gasteiger partial charge < -0.3 is 19.7 Å². The zero-order valence-electron chi connectivity index (χ0n) is 17.8. The van der Waals surface area contributed by atoms with Crippen molar-refractivity contribution in [2.24, 2.45) is 0 Å². The molecule has 0 aliphatic carbocycles. The Morgan fingerprint density at radius 1 is 1.26 bits per heavy atom. The normalized spacial score (nSPS) is 14.7. The van der Waals surface area contributed by atoms with Crippen molar-refractivity contribution in [3.63, 3.8) is 0 Å². The zero-order chi connectivity index (χ0) is 22.2. The molecule has 3 rings (SSSR count). The van der Waals surface area contributed by atoms with Gasteiger partial charge in [-0.1, -0.05) is 30.3 Å². The van der Waals surface area contributed by atoms with Crippen LogP contribution in [-0.2, 0) is 31.9 Å². The fourth-order valence-electron chi connectivity index (χ4n) is 3.51. The summed E-state index contributed by atoms with van der Waals surface area (Å²) in [6.07, 6.45) is 0.613. The van der Waals surface area contributed by atoms with Gasteiger partial charge in [-0.3, -0.25) is 14.6 Å². The Balaban J connectivity index is 1.62. The minimum Gasteiger partial charge on any atom is -0.467 e. The number of benzene rings is 1. The summed E-state index contributed by atoms with van der Waals surface area (Å²) in [4.78, 5) is 46.5. The second kappa shape index (κ2) is 10.7.